The van der Waals surface area contributed by atoms with Crippen LogP contribution in [0.2, 0.25) is 0 Å². The number of methoxy groups -OCH3 is 1. The van der Waals surface area contributed by atoms with Gasteiger partial charge in [-0.2, -0.15) is 39.5 Å². The van der Waals surface area contributed by atoms with Crippen molar-refractivity contribution in [3.63, 3.8) is 0 Å². The van der Waals surface area contributed by atoms with Crippen LogP contribution in [0.25, 0.3) is 0 Å². The molecule has 0 bridgehead atoms. The van der Waals surface area contributed by atoms with E-state index in [0.717, 1.165) is 22.8 Å². The molecule has 1 aliphatic heterocycles. The molecule has 0 aliphatic carbocycles. The molecular formula is C27H27F9N2O4. The number of rotatable bonds is 7. The van der Waals surface area contributed by atoms with Gasteiger partial charge in [0.05, 0.1) is 47.7 Å². The molecule has 2 unspecified atom stereocenters. The molecule has 0 saturated heterocycles. The Morgan fingerprint density at radius 3 is 1.95 bits per heavy atom. The molecule has 0 N–H and O–H groups in total. The summed E-state index contributed by atoms with van der Waals surface area (Å²) < 4.78 is 132. The minimum Gasteiger partial charge on any atom is -0.449 e. The van der Waals surface area contributed by atoms with E-state index in [4.69, 9.17) is 9.47 Å². The third kappa shape index (κ3) is 7.47. The van der Waals surface area contributed by atoms with Crippen LogP contribution in [0.4, 0.5) is 50.0 Å². The minimum atomic E-state index is -5.15. The van der Waals surface area contributed by atoms with E-state index >= 15 is 0 Å². The third-order valence-electron chi connectivity index (χ3n) is 6.60. The van der Waals surface area contributed by atoms with Crippen molar-refractivity contribution in [1.82, 2.24) is 4.90 Å². The second-order valence-corrected chi connectivity index (χ2v) is 9.68. The first-order valence-corrected chi connectivity index (χ1v) is 12.6. The number of fused-ring (bicyclic) bond motifs is 1. The smallest absolute Gasteiger partial charge is 0.416 e. The summed E-state index contributed by atoms with van der Waals surface area (Å²) in [6.45, 7) is 1.72. The van der Waals surface area contributed by atoms with Crippen LogP contribution in [-0.4, -0.2) is 43.3 Å². The number of carbonyl (C=O) groups excluding carboxylic acids is 2. The molecule has 1 aliphatic rings. The van der Waals surface area contributed by atoms with Crippen molar-refractivity contribution in [2.75, 3.05) is 25.2 Å². The molecule has 2 atom stereocenters. The highest BCUT2D eigenvalue weighted by Crippen LogP contribution is 2.45. The SMILES string of the molecule is CCCOC(=O)N1c2ccc(C(F)(F)F)cc2C(N(Cc2cc(C(F)(F)F)cc(C(F)(F)F)c2)C(C)=O)CC1COC. The van der Waals surface area contributed by atoms with Crippen molar-refractivity contribution in [1.29, 1.82) is 0 Å². The van der Waals surface area contributed by atoms with E-state index < -0.39 is 71.4 Å². The van der Waals surface area contributed by atoms with Gasteiger partial charge in [0.15, 0.2) is 0 Å². The average Bonchev–Trinajstić information content (AvgIpc) is 2.88. The summed E-state index contributed by atoms with van der Waals surface area (Å²) in [6.07, 6.45) is -15.9. The summed E-state index contributed by atoms with van der Waals surface area (Å²) in [5.74, 6) is -0.840. The van der Waals surface area contributed by atoms with Gasteiger partial charge >= 0.3 is 24.6 Å². The second kappa shape index (κ2) is 12.4. The number of ether oxygens (including phenoxy) is 2. The lowest BCUT2D eigenvalue weighted by Gasteiger charge is -2.44. The third-order valence-corrected chi connectivity index (χ3v) is 6.60. The number of halogens is 9. The van der Waals surface area contributed by atoms with Crippen molar-refractivity contribution in [2.24, 2.45) is 0 Å². The van der Waals surface area contributed by atoms with Gasteiger partial charge in [-0.05, 0) is 60.4 Å². The Bertz CT molecular complexity index is 1260. The lowest BCUT2D eigenvalue weighted by atomic mass is 9.88. The highest BCUT2D eigenvalue weighted by molar-refractivity contribution is 5.91. The van der Waals surface area contributed by atoms with E-state index in [-0.39, 0.29) is 37.0 Å². The van der Waals surface area contributed by atoms with E-state index in [0.29, 0.717) is 30.7 Å². The second-order valence-electron chi connectivity index (χ2n) is 9.68. The van der Waals surface area contributed by atoms with Crippen LogP contribution in [0, 0.1) is 0 Å². The molecule has 6 nitrogen and oxygen atoms in total. The van der Waals surface area contributed by atoms with Gasteiger partial charge in [-0.15, -0.1) is 0 Å². The van der Waals surface area contributed by atoms with Gasteiger partial charge in [-0.1, -0.05) is 6.92 Å². The maximum atomic E-state index is 13.7. The first-order chi connectivity index (χ1) is 19.4. The van der Waals surface area contributed by atoms with Gasteiger partial charge in [0.25, 0.3) is 0 Å². The van der Waals surface area contributed by atoms with E-state index in [1.54, 1.807) is 6.92 Å². The molecule has 2 amide bonds. The Balaban J connectivity index is 2.20. The molecule has 0 fully saturated rings. The molecular weight excluding hydrogens is 587 g/mol. The molecule has 0 radical (unpaired) electrons. The fourth-order valence-electron chi connectivity index (χ4n) is 4.79. The highest BCUT2D eigenvalue weighted by Gasteiger charge is 2.43. The fraction of sp³-hybridized carbons (Fsp3) is 0.481. The fourth-order valence-corrected chi connectivity index (χ4v) is 4.79. The van der Waals surface area contributed by atoms with Gasteiger partial charge in [-0.25, -0.2) is 4.79 Å². The van der Waals surface area contributed by atoms with Gasteiger partial charge < -0.3 is 14.4 Å². The van der Waals surface area contributed by atoms with E-state index in [1.165, 1.54) is 7.11 Å². The number of carbonyl (C=O) groups is 2. The first-order valence-electron chi connectivity index (χ1n) is 12.6. The Kier molecular flexibility index (Phi) is 9.74. The van der Waals surface area contributed by atoms with Crippen molar-refractivity contribution < 1.29 is 58.6 Å². The number of hydrogen-bond acceptors (Lipinski definition) is 4. The zero-order valence-corrected chi connectivity index (χ0v) is 22.6. The maximum Gasteiger partial charge on any atom is 0.416 e. The molecule has 1 heterocycles. The quantitative estimate of drug-likeness (QED) is 0.302. The van der Waals surface area contributed by atoms with E-state index in [1.807, 2.05) is 0 Å². The van der Waals surface area contributed by atoms with Gasteiger partial charge in [0.1, 0.15) is 0 Å². The standard InChI is InChI=1S/C27H27F9N2O4/c1-4-7-42-24(40)38-20(14-41-3)12-23(21-11-17(25(28,29)30)5-6-22(21)38)37(15(2)39)13-16-8-18(26(31,32)33)10-19(9-16)27(34,35)36/h5-6,8-11,20,23H,4,7,12-14H2,1-3H3. The summed E-state index contributed by atoms with van der Waals surface area (Å²) in [4.78, 5) is 27.8. The van der Waals surface area contributed by atoms with Gasteiger partial charge in [-0.3, -0.25) is 9.69 Å². The maximum absolute atomic E-state index is 13.7. The molecule has 232 valence electrons. The highest BCUT2D eigenvalue weighted by atomic mass is 19.4. The Hall–Kier alpha value is -3.49. The average molecular weight is 615 g/mol. The summed E-state index contributed by atoms with van der Waals surface area (Å²) in [6, 6.07) is 1.04. The Labute approximate surface area is 235 Å². The molecule has 0 aromatic heterocycles. The van der Waals surface area contributed by atoms with Crippen LogP contribution < -0.4 is 4.90 Å². The molecule has 2 aromatic carbocycles. The molecule has 42 heavy (non-hydrogen) atoms. The number of benzene rings is 2. The molecule has 0 saturated carbocycles. The summed E-state index contributed by atoms with van der Waals surface area (Å²) >= 11 is 0. The summed E-state index contributed by atoms with van der Waals surface area (Å²) in [5, 5.41) is 0. The van der Waals surface area contributed by atoms with Crippen molar-refractivity contribution in [2.45, 2.75) is 63.8 Å². The normalized spacial score (nSPS) is 17.6. The van der Waals surface area contributed by atoms with Crippen LogP contribution in [0.15, 0.2) is 36.4 Å². The molecule has 3 rings (SSSR count). The number of hydrogen-bond donors (Lipinski definition) is 0. The number of nitrogens with zero attached hydrogens (tertiary/aromatic N) is 2. The lowest BCUT2D eigenvalue weighted by Crippen LogP contribution is -2.50. The van der Waals surface area contributed by atoms with E-state index in [9.17, 15) is 49.1 Å². The predicted octanol–water partition coefficient (Wildman–Crippen LogP) is 7.60. The van der Waals surface area contributed by atoms with Crippen LogP contribution in [0.5, 0.6) is 0 Å². The van der Waals surface area contributed by atoms with Crippen LogP contribution in [0.3, 0.4) is 0 Å². The van der Waals surface area contributed by atoms with Crippen LogP contribution >= 0.6 is 0 Å². The molecule has 2 aromatic rings. The topological polar surface area (TPSA) is 59.1 Å². The van der Waals surface area contributed by atoms with Crippen molar-refractivity contribution in [3.05, 3.63) is 64.2 Å². The minimum absolute atomic E-state index is 0.00884. The Morgan fingerprint density at radius 2 is 1.48 bits per heavy atom. The number of amides is 2. The predicted molar refractivity (Wildman–Crippen MR) is 131 cm³/mol. The lowest BCUT2D eigenvalue weighted by molar-refractivity contribution is -0.143. The zero-order chi connectivity index (χ0) is 31.6. The molecule has 15 heteroatoms. The zero-order valence-electron chi connectivity index (χ0n) is 22.6. The van der Waals surface area contributed by atoms with Gasteiger partial charge in [0, 0.05) is 20.6 Å². The van der Waals surface area contributed by atoms with Crippen molar-refractivity contribution >= 4 is 17.7 Å². The summed E-state index contributed by atoms with van der Waals surface area (Å²) in [5.41, 5.74) is -5.17. The number of anilines is 1. The van der Waals surface area contributed by atoms with Crippen LogP contribution in [-0.2, 0) is 39.3 Å². The number of alkyl halides is 9. The monoisotopic (exact) mass is 614 g/mol. The first kappa shape index (κ1) is 33.0. The Morgan fingerprint density at radius 1 is 0.905 bits per heavy atom. The van der Waals surface area contributed by atoms with E-state index in [2.05, 4.69) is 0 Å². The van der Waals surface area contributed by atoms with Gasteiger partial charge in [0.2, 0.25) is 5.91 Å². The largest absolute Gasteiger partial charge is 0.449 e. The summed E-state index contributed by atoms with van der Waals surface area (Å²) in [7, 11) is 1.29. The molecule has 0 spiro atoms. The van der Waals surface area contributed by atoms with Crippen molar-refractivity contribution in [3.8, 4) is 0 Å². The van der Waals surface area contributed by atoms with Crippen LogP contribution in [0.1, 0.15) is 60.5 Å².